The van der Waals surface area contributed by atoms with E-state index in [1.54, 1.807) is 0 Å². The van der Waals surface area contributed by atoms with Gasteiger partial charge in [0.05, 0.1) is 11.0 Å². The minimum absolute atomic E-state index is 1.16. The molecule has 2 aromatic heterocycles. The van der Waals surface area contributed by atoms with Crippen LogP contribution < -0.4 is 0 Å². The SMILES string of the molecule is c1ccc(-c2cc(-c3ccccc3)cc(-c3ccc(-n4c5ccccc5c5ccc6ccc7c8ccccc8sc7c6c54)cc3)c2)cc1. The Balaban J connectivity index is 1.20. The van der Waals surface area contributed by atoms with Crippen LogP contribution in [0.4, 0.5) is 0 Å². The summed E-state index contributed by atoms with van der Waals surface area (Å²) in [6.07, 6.45) is 0. The second-order valence-corrected chi connectivity index (χ2v) is 13.6. The molecule has 2 heteroatoms. The number of rotatable bonds is 4. The van der Waals surface area contributed by atoms with Crippen molar-refractivity contribution >= 4 is 64.1 Å². The van der Waals surface area contributed by atoms with Crippen LogP contribution >= 0.6 is 11.3 Å². The second kappa shape index (κ2) is 10.8. The first-order valence-electron chi connectivity index (χ1n) is 16.4. The van der Waals surface area contributed by atoms with Crippen LogP contribution in [0.1, 0.15) is 0 Å². The van der Waals surface area contributed by atoms with Gasteiger partial charge in [0.15, 0.2) is 0 Å². The van der Waals surface area contributed by atoms with Crippen LogP contribution in [0.15, 0.2) is 176 Å². The molecule has 0 spiro atoms. The Bertz CT molecular complexity index is 2740. The van der Waals surface area contributed by atoms with E-state index in [9.17, 15) is 0 Å². The third-order valence-electron chi connectivity index (χ3n) is 9.77. The second-order valence-electron chi connectivity index (χ2n) is 12.5. The summed E-state index contributed by atoms with van der Waals surface area (Å²) in [5.41, 5.74) is 11.0. The van der Waals surface area contributed by atoms with Crippen molar-refractivity contribution < 1.29 is 0 Å². The van der Waals surface area contributed by atoms with E-state index in [4.69, 9.17) is 0 Å². The molecule has 10 aromatic rings. The van der Waals surface area contributed by atoms with Crippen molar-refractivity contribution in [2.24, 2.45) is 0 Å². The Labute approximate surface area is 282 Å². The molecular weight excluding hydrogens is 599 g/mol. The van der Waals surface area contributed by atoms with Gasteiger partial charge in [-0.25, -0.2) is 0 Å². The maximum Gasteiger partial charge on any atom is 0.0633 e. The molecule has 0 saturated carbocycles. The lowest BCUT2D eigenvalue weighted by molar-refractivity contribution is 1.19. The van der Waals surface area contributed by atoms with E-state index in [1.165, 1.54) is 86.1 Å². The number of thiophene rings is 1. The molecule has 8 aromatic carbocycles. The van der Waals surface area contributed by atoms with Gasteiger partial charge >= 0.3 is 0 Å². The predicted octanol–water partition coefficient (Wildman–Crippen LogP) is 13.3. The van der Waals surface area contributed by atoms with Crippen LogP contribution in [-0.4, -0.2) is 4.57 Å². The highest BCUT2D eigenvalue weighted by atomic mass is 32.1. The average Bonchev–Trinajstić information content (AvgIpc) is 3.71. The van der Waals surface area contributed by atoms with Crippen molar-refractivity contribution in [3.8, 4) is 39.1 Å². The zero-order valence-corrected chi connectivity index (χ0v) is 26.9. The smallest absolute Gasteiger partial charge is 0.0633 e. The summed E-state index contributed by atoms with van der Waals surface area (Å²) in [7, 11) is 0. The molecule has 0 radical (unpaired) electrons. The molecule has 2 heterocycles. The molecule has 1 nitrogen and oxygen atoms in total. The van der Waals surface area contributed by atoms with E-state index in [2.05, 4.69) is 180 Å². The van der Waals surface area contributed by atoms with E-state index in [0.717, 1.165) is 5.69 Å². The maximum absolute atomic E-state index is 2.48. The molecular formula is C46H29NS. The topological polar surface area (TPSA) is 4.93 Å². The monoisotopic (exact) mass is 627 g/mol. The highest BCUT2D eigenvalue weighted by Crippen LogP contribution is 2.44. The maximum atomic E-state index is 2.48. The number of nitrogens with zero attached hydrogens (tertiary/aromatic N) is 1. The fourth-order valence-corrected chi connectivity index (χ4v) is 8.76. The Morgan fingerprint density at radius 3 is 1.58 bits per heavy atom. The van der Waals surface area contributed by atoms with Gasteiger partial charge in [0.25, 0.3) is 0 Å². The molecule has 0 saturated heterocycles. The van der Waals surface area contributed by atoms with Crippen molar-refractivity contribution in [2.45, 2.75) is 0 Å². The lowest BCUT2D eigenvalue weighted by atomic mass is 9.93. The van der Waals surface area contributed by atoms with Crippen LogP contribution in [0.2, 0.25) is 0 Å². The summed E-state index contributed by atoms with van der Waals surface area (Å²) in [4.78, 5) is 0. The van der Waals surface area contributed by atoms with Crippen LogP contribution in [0.3, 0.4) is 0 Å². The summed E-state index contributed by atoms with van der Waals surface area (Å²) in [6, 6.07) is 64.3. The molecule has 0 N–H and O–H groups in total. The molecule has 0 fully saturated rings. The van der Waals surface area contributed by atoms with Gasteiger partial charge in [0, 0.05) is 42.0 Å². The molecule has 0 aliphatic carbocycles. The molecule has 0 amide bonds. The van der Waals surface area contributed by atoms with Gasteiger partial charge in [-0.3, -0.25) is 0 Å². The van der Waals surface area contributed by atoms with Gasteiger partial charge in [0.1, 0.15) is 0 Å². The normalized spacial score (nSPS) is 11.8. The highest BCUT2D eigenvalue weighted by Gasteiger charge is 2.18. The summed E-state index contributed by atoms with van der Waals surface area (Å²) in [5.74, 6) is 0. The summed E-state index contributed by atoms with van der Waals surface area (Å²) in [5, 5.41) is 7.82. The molecule has 0 aliphatic rings. The fourth-order valence-electron chi connectivity index (χ4n) is 7.50. The minimum Gasteiger partial charge on any atom is -0.309 e. The largest absolute Gasteiger partial charge is 0.309 e. The lowest BCUT2D eigenvalue weighted by Gasteiger charge is -2.13. The average molecular weight is 628 g/mol. The standard InChI is InChI=1S/C46H29NS/c1-3-11-30(12-4-1)34-27-35(31-13-5-2-6-14-31)29-36(28-34)32-19-23-37(24-20-32)47-42-17-9-7-15-38(42)40-25-21-33-22-26-41-39-16-8-10-18-43(39)48-46(41)44(33)45(40)47/h1-29H. The molecule has 48 heavy (non-hydrogen) atoms. The van der Waals surface area contributed by atoms with Gasteiger partial charge in [-0.2, -0.15) is 0 Å². The zero-order chi connectivity index (χ0) is 31.6. The highest BCUT2D eigenvalue weighted by molar-refractivity contribution is 7.26. The van der Waals surface area contributed by atoms with Crippen molar-refractivity contribution in [3.63, 3.8) is 0 Å². The Morgan fingerprint density at radius 1 is 0.375 bits per heavy atom. The van der Waals surface area contributed by atoms with E-state index in [-0.39, 0.29) is 0 Å². The quantitative estimate of drug-likeness (QED) is 0.183. The van der Waals surface area contributed by atoms with Crippen LogP contribution in [-0.2, 0) is 0 Å². The van der Waals surface area contributed by atoms with E-state index < -0.39 is 0 Å². The van der Waals surface area contributed by atoms with Gasteiger partial charge in [-0.1, -0.05) is 133 Å². The minimum atomic E-state index is 1.16. The molecule has 0 bridgehead atoms. The molecule has 0 atom stereocenters. The Morgan fingerprint density at radius 2 is 0.917 bits per heavy atom. The van der Waals surface area contributed by atoms with Crippen molar-refractivity contribution in [3.05, 3.63) is 176 Å². The summed E-state index contributed by atoms with van der Waals surface area (Å²) < 4.78 is 5.17. The lowest BCUT2D eigenvalue weighted by Crippen LogP contribution is -1.95. The molecule has 0 unspecified atom stereocenters. The first-order chi connectivity index (χ1) is 23.8. The Hall–Kier alpha value is -5.96. The van der Waals surface area contributed by atoms with Crippen molar-refractivity contribution in [1.82, 2.24) is 4.57 Å². The Kier molecular flexibility index (Phi) is 6.12. The number of fused-ring (bicyclic) bond motifs is 9. The summed E-state index contributed by atoms with van der Waals surface area (Å²) in [6.45, 7) is 0. The van der Waals surface area contributed by atoms with Gasteiger partial charge in [0.2, 0.25) is 0 Å². The first-order valence-corrected chi connectivity index (χ1v) is 17.2. The number of aromatic nitrogens is 1. The molecule has 0 aliphatic heterocycles. The fraction of sp³-hybridized carbons (Fsp3) is 0. The van der Waals surface area contributed by atoms with E-state index in [1.807, 2.05) is 11.3 Å². The number of para-hydroxylation sites is 1. The van der Waals surface area contributed by atoms with Gasteiger partial charge in [-0.15, -0.1) is 11.3 Å². The van der Waals surface area contributed by atoms with E-state index in [0.29, 0.717) is 0 Å². The third-order valence-corrected chi connectivity index (χ3v) is 11.0. The zero-order valence-electron chi connectivity index (χ0n) is 26.1. The number of hydrogen-bond acceptors (Lipinski definition) is 1. The predicted molar refractivity (Wildman–Crippen MR) is 207 cm³/mol. The van der Waals surface area contributed by atoms with Crippen LogP contribution in [0, 0.1) is 0 Å². The van der Waals surface area contributed by atoms with Crippen LogP contribution in [0.25, 0.3) is 91.8 Å². The van der Waals surface area contributed by atoms with Gasteiger partial charge < -0.3 is 4.57 Å². The van der Waals surface area contributed by atoms with E-state index >= 15 is 0 Å². The number of hydrogen-bond donors (Lipinski definition) is 0. The molecule has 224 valence electrons. The molecule has 10 rings (SSSR count). The number of benzene rings is 8. The van der Waals surface area contributed by atoms with Crippen molar-refractivity contribution in [1.29, 1.82) is 0 Å². The first kappa shape index (κ1) is 27.2. The third kappa shape index (κ3) is 4.24. The van der Waals surface area contributed by atoms with Gasteiger partial charge in [-0.05, 0) is 81.2 Å². The summed E-state index contributed by atoms with van der Waals surface area (Å²) >= 11 is 1.91. The van der Waals surface area contributed by atoms with Crippen molar-refractivity contribution in [2.75, 3.05) is 0 Å². The van der Waals surface area contributed by atoms with Crippen LogP contribution in [0.5, 0.6) is 0 Å².